The quantitative estimate of drug-likeness (QED) is 0.563. The smallest absolute Gasteiger partial charge is 0.317 e. The fourth-order valence-electron chi connectivity index (χ4n) is 2.24. The Kier molecular flexibility index (Phi) is 4.14. The van der Waals surface area contributed by atoms with E-state index in [4.69, 9.17) is 5.73 Å². The van der Waals surface area contributed by atoms with Crippen molar-refractivity contribution in [1.82, 2.24) is 10.2 Å². The van der Waals surface area contributed by atoms with E-state index < -0.39 is 0 Å². The van der Waals surface area contributed by atoms with Gasteiger partial charge in [-0.15, -0.1) is 0 Å². The molecule has 4 N–H and O–H groups in total. The molecule has 0 unspecified atom stereocenters. The predicted molar refractivity (Wildman–Crippen MR) is 74.7 cm³/mol. The first-order chi connectivity index (χ1) is 9.06. The van der Waals surface area contributed by atoms with Gasteiger partial charge in [0.15, 0.2) is 0 Å². The van der Waals surface area contributed by atoms with Gasteiger partial charge >= 0.3 is 6.03 Å². The zero-order chi connectivity index (χ0) is 13.8. The van der Waals surface area contributed by atoms with Crippen molar-refractivity contribution in [2.75, 3.05) is 18.8 Å². The summed E-state index contributed by atoms with van der Waals surface area (Å²) in [6, 6.07) is 4.77. The summed E-state index contributed by atoms with van der Waals surface area (Å²) in [4.78, 5) is 13.8. The minimum atomic E-state index is -0.0753. The number of phenolic OH excluding ortho intramolecular Hbond substituents is 1. The fourth-order valence-corrected chi connectivity index (χ4v) is 2.24. The molecule has 2 rings (SSSR count). The molecule has 1 saturated heterocycles. The first-order valence-corrected chi connectivity index (χ1v) is 6.66. The molecule has 1 fully saturated rings. The van der Waals surface area contributed by atoms with E-state index in [-0.39, 0.29) is 11.8 Å². The highest BCUT2D eigenvalue weighted by Crippen LogP contribution is 2.20. The van der Waals surface area contributed by atoms with Crippen LogP contribution in [0.15, 0.2) is 18.2 Å². The van der Waals surface area contributed by atoms with Crippen molar-refractivity contribution in [3.63, 3.8) is 0 Å². The lowest BCUT2D eigenvalue weighted by molar-refractivity contribution is 0.173. The van der Waals surface area contributed by atoms with Gasteiger partial charge in [0, 0.05) is 30.9 Å². The monoisotopic (exact) mass is 263 g/mol. The van der Waals surface area contributed by atoms with E-state index in [1.54, 1.807) is 18.2 Å². The number of carbonyl (C=O) groups excluding carboxylic acids is 1. The van der Waals surface area contributed by atoms with E-state index in [2.05, 4.69) is 12.2 Å². The summed E-state index contributed by atoms with van der Waals surface area (Å²) in [6.45, 7) is 4.10. The van der Waals surface area contributed by atoms with E-state index in [1.165, 1.54) is 0 Å². The lowest BCUT2D eigenvalue weighted by atomic mass is 10.00. The second-order valence-corrected chi connectivity index (χ2v) is 5.22. The van der Waals surface area contributed by atoms with E-state index in [0.29, 0.717) is 23.7 Å². The molecule has 0 aliphatic carbocycles. The van der Waals surface area contributed by atoms with E-state index in [1.807, 2.05) is 4.90 Å². The second kappa shape index (κ2) is 5.82. The van der Waals surface area contributed by atoms with Gasteiger partial charge in [-0.3, -0.25) is 0 Å². The fraction of sp³-hybridized carbons (Fsp3) is 0.500. The lowest BCUT2D eigenvalue weighted by Crippen LogP contribution is -2.43. The molecule has 1 aliphatic heterocycles. The molecule has 104 valence electrons. The van der Waals surface area contributed by atoms with Gasteiger partial charge in [-0.2, -0.15) is 0 Å². The van der Waals surface area contributed by atoms with Crippen LogP contribution in [0.25, 0.3) is 0 Å². The van der Waals surface area contributed by atoms with Crippen molar-refractivity contribution in [3.8, 4) is 5.75 Å². The topological polar surface area (TPSA) is 78.6 Å². The third-order valence-corrected chi connectivity index (χ3v) is 3.60. The summed E-state index contributed by atoms with van der Waals surface area (Å²) in [5.74, 6) is 0.851. The normalized spacial score (nSPS) is 16.4. The number of likely N-dealkylation sites (tertiary alicyclic amines) is 1. The Bertz CT molecular complexity index is 454. The molecule has 0 saturated carbocycles. The van der Waals surface area contributed by atoms with Crippen LogP contribution in [-0.2, 0) is 6.54 Å². The molecule has 1 aromatic rings. The molecule has 1 aromatic carbocycles. The Balaban J connectivity index is 1.88. The maximum atomic E-state index is 12.0. The summed E-state index contributed by atoms with van der Waals surface area (Å²) in [5, 5.41) is 12.5. The van der Waals surface area contributed by atoms with Crippen LogP contribution in [0.2, 0.25) is 0 Å². The SMILES string of the molecule is CC1CCN(C(=O)NCc2cc(N)ccc2O)CC1. The van der Waals surface area contributed by atoms with E-state index in [0.717, 1.165) is 25.9 Å². The molecule has 5 heteroatoms. The van der Waals surface area contributed by atoms with Crippen molar-refractivity contribution in [1.29, 1.82) is 0 Å². The van der Waals surface area contributed by atoms with Crippen molar-refractivity contribution in [2.45, 2.75) is 26.3 Å². The van der Waals surface area contributed by atoms with Gasteiger partial charge in [-0.05, 0) is 37.0 Å². The molecule has 0 bridgehead atoms. The molecule has 0 radical (unpaired) electrons. The molecule has 1 aliphatic rings. The average molecular weight is 263 g/mol. The number of phenols is 1. The highest BCUT2D eigenvalue weighted by molar-refractivity contribution is 5.74. The highest BCUT2D eigenvalue weighted by Gasteiger charge is 2.19. The zero-order valence-electron chi connectivity index (χ0n) is 11.2. The summed E-state index contributed by atoms with van der Waals surface area (Å²) < 4.78 is 0. The van der Waals surface area contributed by atoms with Gasteiger partial charge in [-0.25, -0.2) is 4.79 Å². The van der Waals surface area contributed by atoms with E-state index in [9.17, 15) is 9.90 Å². The van der Waals surface area contributed by atoms with Crippen LogP contribution >= 0.6 is 0 Å². The Morgan fingerprint density at radius 3 is 2.84 bits per heavy atom. The van der Waals surface area contributed by atoms with Gasteiger partial charge in [-0.1, -0.05) is 6.92 Å². The van der Waals surface area contributed by atoms with Crippen LogP contribution in [-0.4, -0.2) is 29.1 Å². The molecule has 2 amide bonds. The number of anilines is 1. The van der Waals surface area contributed by atoms with Crippen LogP contribution in [0.5, 0.6) is 5.75 Å². The third kappa shape index (κ3) is 3.53. The first kappa shape index (κ1) is 13.5. The van der Waals surface area contributed by atoms with Crippen LogP contribution in [0, 0.1) is 5.92 Å². The molecule has 19 heavy (non-hydrogen) atoms. The molecule has 0 atom stereocenters. The van der Waals surface area contributed by atoms with Crippen molar-refractivity contribution in [3.05, 3.63) is 23.8 Å². The molecule has 5 nitrogen and oxygen atoms in total. The number of hydrogen-bond donors (Lipinski definition) is 3. The van der Waals surface area contributed by atoms with Gasteiger partial charge in [0.2, 0.25) is 0 Å². The van der Waals surface area contributed by atoms with Gasteiger partial charge in [0.05, 0.1) is 0 Å². The number of hydrogen-bond acceptors (Lipinski definition) is 3. The summed E-state index contributed by atoms with van der Waals surface area (Å²) in [6.07, 6.45) is 2.11. The number of benzene rings is 1. The lowest BCUT2D eigenvalue weighted by Gasteiger charge is -2.30. The molecular formula is C14H21N3O2. The number of nitrogens with zero attached hydrogens (tertiary/aromatic N) is 1. The Morgan fingerprint density at radius 1 is 1.47 bits per heavy atom. The Labute approximate surface area is 113 Å². The average Bonchev–Trinajstić information content (AvgIpc) is 2.40. The number of amides is 2. The zero-order valence-corrected chi connectivity index (χ0v) is 11.2. The van der Waals surface area contributed by atoms with Crippen molar-refractivity contribution >= 4 is 11.7 Å². The number of urea groups is 1. The number of nitrogens with two attached hydrogens (primary N) is 1. The van der Waals surface area contributed by atoms with Crippen molar-refractivity contribution < 1.29 is 9.90 Å². The molecule has 0 spiro atoms. The standard InChI is InChI=1S/C14H21N3O2/c1-10-4-6-17(7-5-10)14(19)16-9-11-8-12(15)2-3-13(11)18/h2-3,8,10,18H,4-7,9,15H2,1H3,(H,16,19). The minimum Gasteiger partial charge on any atom is -0.508 e. The number of rotatable bonds is 2. The first-order valence-electron chi connectivity index (χ1n) is 6.66. The van der Waals surface area contributed by atoms with Crippen LogP contribution < -0.4 is 11.1 Å². The van der Waals surface area contributed by atoms with E-state index >= 15 is 0 Å². The highest BCUT2D eigenvalue weighted by atomic mass is 16.3. The summed E-state index contributed by atoms with van der Waals surface area (Å²) in [7, 11) is 0. The van der Waals surface area contributed by atoms with Crippen LogP contribution in [0.4, 0.5) is 10.5 Å². The maximum absolute atomic E-state index is 12.0. The summed E-state index contributed by atoms with van der Waals surface area (Å²) in [5.41, 5.74) is 6.87. The minimum absolute atomic E-state index is 0.0753. The summed E-state index contributed by atoms with van der Waals surface area (Å²) >= 11 is 0. The number of carbonyl (C=O) groups is 1. The van der Waals surface area contributed by atoms with Gasteiger partial charge in [0.25, 0.3) is 0 Å². The van der Waals surface area contributed by atoms with Crippen LogP contribution in [0.3, 0.4) is 0 Å². The van der Waals surface area contributed by atoms with Crippen LogP contribution in [0.1, 0.15) is 25.3 Å². The number of nitrogens with one attached hydrogen (secondary N) is 1. The van der Waals surface area contributed by atoms with Gasteiger partial charge in [0.1, 0.15) is 5.75 Å². The molecule has 0 aromatic heterocycles. The van der Waals surface area contributed by atoms with Gasteiger partial charge < -0.3 is 21.1 Å². The largest absolute Gasteiger partial charge is 0.508 e. The third-order valence-electron chi connectivity index (χ3n) is 3.60. The molecular weight excluding hydrogens is 242 g/mol. The predicted octanol–water partition coefficient (Wildman–Crippen LogP) is 1.92. The van der Waals surface area contributed by atoms with Crippen molar-refractivity contribution in [2.24, 2.45) is 5.92 Å². The Hall–Kier alpha value is -1.91. The number of piperidine rings is 1. The maximum Gasteiger partial charge on any atom is 0.317 e. The number of aromatic hydroxyl groups is 1. The number of nitrogen functional groups attached to an aromatic ring is 1. The Morgan fingerprint density at radius 2 is 2.16 bits per heavy atom. The second-order valence-electron chi connectivity index (χ2n) is 5.22. The molecule has 1 heterocycles.